The third-order valence-corrected chi connectivity index (χ3v) is 7.10. The van der Waals surface area contributed by atoms with Crippen LogP contribution in [0.5, 0.6) is 0 Å². The predicted molar refractivity (Wildman–Crippen MR) is 135 cm³/mol. The fourth-order valence-electron chi connectivity index (χ4n) is 4.31. The monoisotopic (exact) mass is 491 g/mol. The Hall–Kier alpha value is -3.35. The number of piperazine rings is 1. The first-order valence-electron chi connectivity index (χ1n) is 11.8. The number of ether oxygens (including phenoxy) is 1. The van der Waals surface area contributed by atoms with Gasteiger partial charge in [-0.05, 0) is 37.6 Å². The molecule has 35 heavy (non-hydrogen) atoms. The molecule has 9 heteroatoms. The van der Waals surface area contributed by atoms with Gasteiger partial charge in [0, 0.05) is 32.7 Å². The van der Waals surface area contributed by atoms with Gasteiger partial charge in [0.25, 0.3) is 0 Å². The Morgan fingerprint density at radius 2 is 1.86 bits per heavy atom. The smallest absolute Gasteiger partial charge is 0.338 e. The van der Waals surface area contributed by atoms with E-state index in [1.54, 1.807) is 19.1 Å². The SMILES string of the molecule is CCOC(=O)c1ccc2c(c1)nc(SCC(=O)N1CCN(C(C#N)c3ccccc3)CC1)n2CC. The van der Waals surface area contributed by atoms with Crippen molar-refractivity contribution in [3.05, 3.63) is 59.7 Å². The molecular formula is C26H29N5O3S. The summed E-state index contributed by atoms with van der Waals surface area (Å²) >= 11 is 1.41. The molecule has 1 saturated heterocycles. The molecule has 0 saturated carbocycles. The summed E-state index contributed by atoms with van der Waals surface area (Å²) in [6, 6.07) is 17.2. The van der Waals surface area contributed by atoms with E-state index >= 15 is 0 Å². The summed E-state index contributed by atoms with van der Waals surface area (Å²) in [7, 11) is 0. The summed E-state index contributed by atoms with van der Waals surface area (Å²) in [6.07, 6.45) is 0. The van der Waals surface area contributed by atoms with Crippen molar-refractivity contribution in [2.24, 2.45) is 0 Å². The van der Waals surface area contributed by atoms with Crippen molar-refractivity contribution >= 4 is 34.7 Å². The van der Waals surface area contributed by atoms with Crippen LogP contribution in [-0.2, 0) is 16.1 Å². The minimum absolute atomic E-state index is 0.0600. The summed E-state index contributed by atoms with van der Waals surface area (Å²) in [5.41, 5.74) is 3.09. The fourth-order valence-corrected chi connectivity index (χ4v) is 5.30. The lowest BCUT2D eigenvalue weighted by Crippen LogP contribution is -2.50. The molecule has 1 aliphatic rings. The van der Waals surface area contributed by atoms with E-state index in [9.17, 15) is 14.9 Å². The van der Waals surface area contributed by atoms with Crippen LogP contribution in [0.15, 0.2) is 53.7 Å². The van der Waals surface area contributed by atoms with E-state index < -0.39 is 0 Å². The molecule has 1 fully saturated rings. The second-order valence-corrected chi connectivity index (χ2v) is 9.15. The van der Waals surface area contributed by atoms with E-state index in [1.165, 1.54) is 11.8 Å². The third-order valence-electron chi connectivity index (χ3n) is 6.14. The van der Waals surface area contributed by atoms with E-state index in [1.807, 2.05) is 48.2 Å². The van der Waals surface area contributed by atoms with E-state index in [-0.39, 0.29) is 23.7 Å². The van der Waals surface area contributed by atoms with Crippen molar-refractivity contribution in [1.82, 2.24) is 19.4 Å². The van der Waals surface area contributed by atoms with E-state index in [4.69, 9.17) is 4.74 Å². The number of esters is 1. The average molecular weight is 492 g/mol. The molecule has 1 atom stereocenters. The van der Waals surface area contributed by atoms with Crippen LogP contribution >= 0.6 is 11.8 Å². The standard InChI is InChI=1S/C26H29N5O3S/c1-3-31-22-11-10-20(25(33)34-4-2)16-21(22)28-26(31)35-18-24(32)30-14-12-29(13-15-30)23(17-27)19-8-6-5-7-9-19/h5-11,16,23H,3-4,12-15,18H2,1-2H3. The lowest BCUT2D eigenvalue weighted by Gasteiger charge is -2.37. The maximum absolute atomic E-state index is 12.9. The van der Waals surface area contributed by atoms with Crippen molar-refractivity contribution in [3.63, 3.8) is 0 Å². The van der Waals surface area contributed by atoms with Crippen LogP contribution in [0.3, 0.4) is 0 Å². The number of aryl methyl sites for hydroxylation is 1. The number of nitriles is 1. The Morgan fingerprint density at radius 1 is 1.11 bits per heavy atom. The number of imidazole rings is 1. The third kappa shape index (κ3) is 5.50. The highest BCUT2D eigenvalue weighted by molar-refractivity contribution is 7.99. The van der Waals surface area contributed by atoms with E-state index in [0.717, 1.165) is 16.2 Å². The molecule has 0 bridgehead atoms. The number of carbonyl (C=O) groups excluding carboxylic acids is 2. The van der Waals surface area contributed by atoms with Gasteiger partial charge < -0.3 is 14.2 Å². The summed E-state index contributed by atoms with van der Waals surface area (Å²) in [5, 5.41) is 10.4. The molecule has 8 nitrogen and oxygen atoms in total. The summed E-state index contributed by atoms with van der Waals surface area (Å²) < 4.78 is 7.14. The zero-order valence-corrected chi connectivity index (χ0v) is 20.8. The maximum Gasteiger partial charge on any atom is 0.338 e. The molecule has 1 unspecified atom stereocenters. The summed E-state index contributed by atoms with van der Waals surface area (Å²) in [6.45, 7) is 7.35. The van der Waals surface area contributed by atoms with Crippen LogP contribution in [-0.4, -0.2) is 69.8 Å². The van der Waals surface area contributed by atoms with Gasteiger partial charge in [0.15, 0.2) is 5.16 Å². The first-order valence-corrected chi connectivity index (χ1v) is 12.8. The topological polar surface area (TPSA) is 91.5 Å². The van der Waals surface area contributed by atoms with Crippen LogP contribution in [0.2, 0.25) is 0 Å². The number of carbonyl (C=O) groups is 2. The number of hydrogen-bond donors (Lipinski definition) is 0. The highest BCUT2D eigenvalue weighted by atomic mass is 32.2. The van der Waals surface area contributed by atoms with Crippen LogP contribution in [0.1, 0.15) is 35.8 Å². The molecule has 2 heterocycles. The minimum atomic E-state index is -0.366. The van der Waals surface area contributed by atoms with Gasteiger partial charge >= 0.3 is 5.97 Å². The molecule has 1 amide bonds. The molecule has 0 radical (unpaired) electrons. The highest BCUT2D eigenvalue weighted by Crippen LogP contribution is 2.26. The fraction of sp³-hybridized carbons (Fsp3) is 0.385. The van der Waals surface area contributed by atoms with Gasteiger partial charge in [0.2, 0.25) is 5.91 Å². The van der Waals surface area contributed by atoms with Gasteiger partial charge in [0.1, 0.15) is 6.04 Å². The number of thioether (sulfide) groups is 1. The van der Waals surface area contributed by atoms with Gasteiger partial charge in [-0.1, -0.05) is 42.1 Å². The second-order valence-electron chi connectivity index (χ2n) is 8.21. The largest absolute Gasteiger partial charge is 0.462 e. The molecule has 0 N–H and O–H groups in total. The summed E-state index contributed by atoms with van der Waals surface area (Å²) in [4.78, 5) is 33.7. The number of rotatable bonds is 8. The van der Waals surface area contributed by atoms with Crippen molar-refractivity contribution in [2.45, 2.75) is 31.6 Å². The van der Waals surface area contributed by atoms with Crippen LogP contribution < -0.4 is 0 Å². The molecule has 182 valence electrons. The molecule has 2 aromatic carbocycles. The summed E-state index contributed by atoms with van der Waals surface area (Å²) in [5.74, 6) is -0.0197. The molecular weight excluding hydrogens is 462 g/mol. The minimum Gasteiger partial charge on any atom is -0.462 e. The van der Waals surface area contributed by atoms with Crippen molar-refractivity contribution in [3.8, 4) is 6.07 Å². The Labute approximate surface area is 209 Å². The molecule has 1 aliphatic heterocycles. The Bertz CT molecular complexity index is 1230. The number of fused-ring (bicyclic) bond motifs is 1. The van der Waals surface area contributed by atoms with Gasteiger partial charge in [-0.2, -0.15) is 5.26 Å². The lowest BCUT2D eigenvalue weighted by atomic mass is 10.1. The Balaban J connectivity index is 1.37. The van der Waals surface area contributed by atoms with Gasteiger partial charge in [-0.3, -0.25) is 9.69 Å². The Kier molecular flexibility index (Phi) is 8.06. The van der Waals surface area contributed by atoms with Gasteiger partial charge in [-0.15, -0.1) is 0 Å². The number of hydrogen-bond acceptors (Lipinski definition) is 7. The predicted octanol–water partition coefficient (Wildman–Crippen LogP) is 3.73. The normalized spacial score (nSPS) is 15.1. The molecule has 4 rings (SSSR count). The van der Waals surface area contributed by atoms with Gasteiger partial charge in [-0.25, -0.2) is 9.78 Å². The molecule has 3 aromatic rings. The number of nitrogens with zero attached hydrogens (tertiary/aromatic N) is 5. The first kappa shape index (κ1) is 24.8. The zero-order chi connectivity index (χ0) is 24.8. The number of benzene rings is 2. The van der Waals surface area contributed by atoms with Crippen LogP contribution in [0.25, 0.3) is 11.0 Å². The maximum atomic E-state index is 12.9. The van der Waals surface area contributed by atoms with Crippen molar-refractivity contribution in [1.29, 1.82) is 5.26 Å². The lowest BCUT2D eigenvalue weighted by molar-refractivity contribution is -0.130. The average Bonchev–Trinajstić information content (AvgIpc) is 3.25. The highest BCUT2D eigenvalue weighted by Gasteiger charge is 2.27. The molecule has 0 spiro atoms. The van der Waals surface area contributed by atoms with Crippen molar-refractivity contribution < 1.29 is 14.3 Å². The molecule has 1 aromatic heterocycles. The number of aromatic nitrogens is 2. The van der Waals surface area contributed by atoms with Gasteiger partial charge in [0.05, 0.1) is 35.0 Å². The quantitative estimate of drug-likeness (QED) is 0.350. The first-order chi connectivity index (χ1) is 17.0. The molecule has 0 aliphatic carbocycles. The number of amides is 1. The van der Waals surface area contributed by atoms with E-state index in [0.29, 0.717) is 50.4 Å². The van der Waals surface area contributed by atoms with Crippen LogP contribution in [0, 0.1) is 11.3 Å². The van der Waals surface area contributed by atoms with E-state index in [2.05, 4.69) is 20.5 Å². The zero-order valence-electron chi connectivity index (χ0n) is 20.0. The second kappa shape index (κ2) is 11.4. The van der Waals surface area contributed by atoms with Crippen LogP contribution in [0.4, 0.5) is 0 Å². The van der Waals surface area contributed by atoms with Crippen molar-refractivity contribution in [2.75, 3.05) is 38.5 Å². The Morgan fingerprint density at radius 3 is 2.51 bits per heavy atom.